The second kappa shape index (κ2) is 5.32. The van der Waals surface area contributed by atoms with Crippen molar-refractivity contribution < 1.29 is 9.90 Å². The zero-order chi connectivity index (χ0) is 11.2. The summed E-state index contributed by atoms with van der Waals surface area (Å²) < 4.78 is 0. The van der Waals surface area contributed by atoms with Crippen molar-refractivity contribution in [1.82, 2.24) is 0 Å². The number of nitriles is 1. The lowest BCUT2D eigenvalue weighted by Gasteiger charge is -2.08. The van der Waals surface area contributed by atoms with Crippen LogP contribution in [0, 0.1) is 11.3 Å². The largest absolute Gasteiger partial charge is 0.481 e. The van der Waals surface area contributed by atoms with Gasteiger partial charge in [-0.2, -0.15) is 15.5 Å². The molecule has 0 amide bonds. The van der Waals surface area contributed by atoms with Crippen LogP contribution in [0.3, 0.4) is 0 Å². The topological polar surface area (TPSA) is 85.8 Å². The lowest BCUT2D eigenvalue weighted by atomic mass is 10.1. The summed E-state index contributed by atoms with van der Waals surface area (Å²) >= 11 is 0. The highest BCUT2D eigenvalue weighted by Crippen LogP contribution is 2.10. The molecule has 78 valence electrons. The predicted octanol–water partition coefficient (Wildman–Crippen LogP) is 1.99. The Balaban J connectivity index is 4.00. The molecule has 5 nitrogen and oxygen atoms in total. The minimum atomic E-state index is -0.841. The van der Waals surface area contributed by atoms with Crippen LogP contribution in [0.2, 0.25) is 0 Å². The molecule has 5 heteroatoms. The van der Waals surface area contributed by atoms with Crippen molar-refractivity contribution in [2.45, 2.75) is 45.2 Å². The summed E-state index contributed by atoms with van der Waals surface area (Å²) in [5.74, 6) is -0.841. The molecule has 0 heterocycles. The normalized spacial score (nSPS) is 13.9. The number of carboxylic acids is 1. The number of aliphatic carboxylic acids is 1. The van der Waals surface area contributed by atoms with Crippen LogP contribution in [0.1, 0.15) is 33.6 Å². The molecule has 0 saturated heterocycles. The third kappa shape index (κ3) is 6.12. The molecule has 1 atom stereocenters. The van der Waals surface area contributed by atoms with E-state index in [1.807, 2.05) is 6.07 Å². The summed E-state index contributed by atoms with van der Waals surface area (Å²) in [5.41, 5.74) is -0.822. The molecular weight excluding hydrogens is 182 g/mol. The Kier molecular flexibility index (Phi) is 4.78. The molecular formula is C9H15N3O2. The molecule has 0 aromatic rings. The van der Waals surface area contributed by atoms with Crippen molar-refractivity contribution in [2.24, 2.45) is 10.2 Å². The molecule has 0 radical (unpaired) electrons. The maximum Gasteiger partial charge on any atom is 0.303 e. The van der Waals surface area contributed by atoms with Crippen molar-refractivity contribution in [1.29, 1.82) is 5.26 Å². The summed E-state index contributed by atoms with van der Waals surface area (Å²) in [6.45, 7) is 5.08. The highest BCUT2D eigenvalue weighted by molar-refractivity contribution is 5.66. The van der Waals surface area contributed by atoms with Crippen molar-refractivity contribution >= 4 is 5.97 Å². The highest BCUT2D eigenvalue weighted by Gasteiger charge is 2.15. The van der Waals surface area contributed by atoms with Crippen LogP contribution in [0.15, 0.2) is 10.2 Å². The molecule has 0 aromatic heterocycles. The van der Waals surface area contributed by atoms with Gasteiger partial charge in [0.2, 0.25) is 0 Å². The van der Waals surface area contributed by atoms with E-state index >= 15 is 0 Å². The number of carbonyl (C=O) groups is 1. The first-order valence-electron chi connectivity index (χ1n) is 4.42. The van der Waals surface area contributed by atoms with Gasteiger partial charge in [-0.3, -0.25) is 4.79 Å². The quantitative estimate of drug-likeness (QED) is 0.684. The van der Waals surface area contributed by atoms with Gasteiger partial charge in [0.1, 0.15) is 0 Å². The summed E-state index contributed by atoms with van der Waals surface area (Å²) in [7, 11) is 0. The van der Waals surface area contributed by atoms with E-state index in [9.17, 15) is 4.79 Å². The van der Waals surface area contributed by atoms with Crippen molar-refractivity contribution in [2.75, 3.05) is 0 Å². The van der Waals surface area contributed by atoms with E-state index in [0.717, 1.165) is 0 Å². The first-order valence-corrected chi connectivity index (χ1v) is 4.42. The molecule has 0 aliphatic rings. The third-order valence-corrected chi connectivity index (χ3v) is 1.55. The van der Waals surface area contributed by atoms with Crippen LogP contribution < -0.4 is 0 Å². The van der Waals surface area contributed by atoms with Gasteiger partial charge < -0.3 is 5.11 Å². The van der Waals surface area contributed by atoms with E-state index in [1.54, 1.807) is 20.8 Å². The van der Waals surface area contributed by atoms with Gasteiger partial charge >= 0.3 is 5.97 Å². The molecule has 0 spiro atoms. The maximum absolute atomic E-state index is 10.2. The molecule has 0 aliphatic carbocycles. The van der Waals surface area contributed by atoms with Crippen molar-refractivity contribution in [3.63, 3.8) is 0 Å². The highest BCUT2D eigenvalue weighted by atomic mass is 16.4. The van der Waals surface area contributed by atoms with Gasteiger partial charge in [0.05, 0.1) is 12.1 Å². The van der Waals surface area contributed by atoms with Gasteiger partial charge in [-0.15, -0.1) is 0 Å². The average molecular weight is 197 g/mol. The fourth-order valence-corrected chi connectivity index (χ4v) is 0.655. The zero-order valence-electron chi connectivity index (χ0n) is 8.69. The van der Waals surface area contributed by atoms with E-state index in [1.165, 1.54) is 0 Å². The molecule has 0 bridgehead atoms. The van der Waals surface area contributed by atoms with Crippen LogP contribution in [0.4, 0.5) is 0 Å². The Morgan fingerprint density at radius 1 is 1.64 bits per heavy atom. The van der Waals surface area contributed by atoms with Crippen molar-refractivity contribution in [3.8, 4) is 6.07 Å². The smallest absolute Gasteiger partial charge is 0.303 e. The van der Waals surface area contributed by atoms with Gasteiger partial charge in [-0.05, 0) is 27.2 Å². The summed E-state index contributed by atoms with van der Waals surface area (Å²) in [5, 5.41) is 24.7. The molecule has 14 heavy (non-hydrogen) atoms. The number of hydrogen-bond acceptors (Lipinski definition) is 4. The van der Waals surface area contributed by atoms with Gasteiger partial charge in [0, 0.05) is 6.42 Å². The fourth-order valence-electron chi connectivity index (χ4n) is 0.655. The minimum absolute atomic E-state index is 0.0766. The van der Waals surface area contributed by atoms with Gasteiger partial charge in [-0.25, -0.2) is 0 Å². The molecule has 0 fully saturated rings. The lowest BCUT2D eigenvalue weighted by molar-refractivity contribution is -0.137. The Hall–Kier alpha value is -1.44. The molecule has 0 rings (SSSR count). The van der Waals surface area contributed by atoms with Crippen LogP contribution in [-0.4, -0.2) is 22.7 Å². The van der Waals surface area contributed by atoms with Gasteiger partial charge in [-0.1, -0.05) is 0 Å². The Morgan fingerprint density at radius 3 is 2.64 bits per heavy atom. The van der Waals surface area contributed by atoms with E-state index in [-0.39, 0.29) is 12.5 Å². The number of hydrogen-bond donors (Lipinski definition) is 1. The second-order valence-electron chi connectivity index (χ2n) is 3.67. The molecule has 1 N–H and O–H groups in total. The third-order valence-electron chi connectivity index (χ3n) is 1.55. The van der Waals surface area contributed by atoms with Crippen molar-refractivity contribution in [3.05, 3.63) is 0 Å². The molecule has 0 saturated carbocycles. The maximum atomic E-state index is 10.2. The standard InChI is InChI=1S/C9H15N3O2/c1-7(4-5-8(13)14)11-12-9(2,3)6-10/h7H,4-5H2,1-3H3,(H,13,14)/b12-11+. The first kappa shape index (κ1) is 12.6. The number of nitrogens with zero attached hydrogens (tertiary/aromatic N) is 3. The predicted molar refractivity (Wildman–Crippen MR) is 50.9 cm³/mol. The molecule has 0 aliphatic heterocycles. The Bertz CT molecular complexity index is 266. The van der Waals surface area contributed by atoms with E-state index in [4.69, 9.17) is 10.4 Å². The fraction of sp³-hybridized carbons (Fsp3) is 0.778. The van der Waals surface area contributed by atoms with Crippen LogP contribution in [0.25, 0.3) is 0 Å². The Labute approximate surface area is 83.5 Å². The van der Waals surface area contributed by atoms with Crippen LogP contribution in [0.5, 0.6) is 0 Å². The van der Waals surface area contributed by atoms with E-state index < -0.39 is 11.5 Å². The summed E-state index contributed by atoms with van der Waals surface area (Å²) in [6.07, 6.45) is 0.521. The second-order valence-corrected chi connectivity index (χ2v) is 3.67. The Morgan fingerprint density at radius 2 is 2.21 bits per heavy atom. The number of rotatable bonds is 5. The molecule has 1 unspecified atom stereocenters. The van der Waals surface area contributed by atoms with E-state index in [0.29, 0.717) is 6.42 Å². The molecule has 0 aromatic carbocycles. The SMILES string of the molecule is CC(CCC(=O)O)/N=N/C(C)(C)C#N. The van der Waals surface area contributed by atoms with E-state index in [2.05, 4.69) is 10.2 Å². The van der Waals surface area contributed by atoms with Gasteiger partial charge in [0.15, 0.2) is 5.54 Å². The number of carboxylic acid groups (broad SMARTS) is 1. The first-order chi connectivity index (χ1) is 6.37. The number of azo groups is 1. The minimum Gasteiger partial charge on any atom is -0.481 e. The van der Waals surface area contributed by atoms with Gasteiger partial charge in [0.25, 0.3) is 0 Å². The monoisotopic (exact) mass is 197 g/mol. The zero-order valence-corrected chi connectivity index (χ0v) is 8.69. The lowest BCUT2D eigenvalue weighted by Crippen LogP contribution is -2.13. The summed E-state index contributed by atoms with van der Waals surface area (Å²) in [6, 6.07) is 1.83. The average Bonchev–Trinajstić information content (AvgIpc) is 2.11. The van der Waals surface area contributed by atoms with Crippen LogP contribution >= 0.6 is 0 Å². The van der Waals surface area contributed by atoms with Crippen LogP contribution in [-0.2, 0) is 4.79 Å². The summed E-state index contributed by atoms with van der Waals surface area (Å²) in [4.78, 5) is 10.2.